The summed E-state index contributed by atoms with van der Waals surface area (Å²) in [5, 5.41) is 2.58. The van der Waals surface area contributed by atoms with Crippen molar-refractivity contribution in [3.8, 4) is 12.3 Å². The van der Waals surface area contributed by atoms with Gasteiger partial charge >= 0.3 is 13.7 Å². The lowest BCUT2D eigenvalue weighted by atomic mass is 10.1. The first-order valence-corrected chi connectivity index (χ1v) is 10.6. The zero-order chi connectivity index (χ0) is 18.1. The molecule has 0 spiro atoms. The van der Waals surface area contributed by atoms with Gasteiger partial charge in [-0.25, -0.2) is 4.79 Å². The van der Waals surface area contributed by atoms with Gasteiger partial charge in [0, 0.05) is 19.1 Å². The summed E-state index contributed by atoms with van der Waals surface area (Å²) in [4.78, 5) is 20.6. The van der Waals surface area contributed by atoms with E-state index in [4.69, 9.17) is 15.7 Å². The molecule has 0 saturated carbocycles. The molecular formula is C17H32NO5P. The number of nitrogens with one attached hydrogen (secondary N) is 1. The van der Waals surface area contributed by atoms with Gasteiger partial charge in [0.05, 0.1) is 13.2 Å². The third-order valence-electron chi connectivity index (χ3n) is 3.44. The van der Waals surface area contributed by atoms with E-state index in [-0.39, 0.29) is 12.8 Å². The molecule has 1 amide bonds. The number of carbonyl (C=O) groups is 1. The van der Waals surface area contributed by atoms with Crippen molar-refractivity contribution in [3.05, 3.63) is 0 Å². The molecule has 0 aliphatic rings. The fraction of sp³-hybridized carbons (Fsp3) is 0.824. The van der Waals surface area contributed by atoms with E-state index < -0.39 is 13.7 Å². The van der Waals surface area contributed by atoms with Gasteiger partial charge in [-0.15, -0.1) is 12.3 Å². The van der Waals surface area contributed by atoms with Crippen molar-refractivity contribution < 1.29 is 23.5 Å². The number of hydrogen-bond donors (Lipinski definition) is 2. The summed E-state index contributed by atoms with van der Waals surface area (Å²) in [5.74, 6) is 2.44. The summed E-state index contributed by atoms with van der Waals surface area (Å²) < 4.78 is 21.3. The molecule has 0 bridgehead atoms. The largest absolute Gasteiger partial charge is 0.450 e. The normalized spacial score (nSPS) is 13.0. The van der Waals surface area contributed by atoms with Crippen molar-refractivity contribution in [1.82, 2.24) is 5.32 Å². The zero-order valence-corrected chi connectivity index (χ0v) is 15.7. The molecule has 7 heteroatoms. The molecule has 0 rings (SSSR count). The van der Waals surface area contributed by atoms with E-state index in [0.717, 1.165) is 51.4 Å². The minimum absolute atomic E-state index is 0.252. The summed E-state index contributed by atoms with van der Waals surface area (Å²) >= 11 is 0. The highest BCUT2D eigenvalue weighted by molar-refractivity contribution is 7.52. The van der Waals surface area contributed by atoms with Crippen LogP contribution < -0.4 is 5.32 Å². The molecule has 0 aromatic carbocycles. The Bertz CT molecular complexity index is 408. The second-order valence-corrected chi connectivity index (χ2v) is 7.60. The predicted octanol–water partition coefficient (Wildman–Crippen LogP) is 4.08. The number of alkyl carbamates (subject to hydrolysis) is 1. The third kappa shape index (κ3) is 15.9. The minimum atomic E-state index is -3.34. The van der Waals surface area contributed by atoms with E-state index >= 15 is 0 Å². The Morgan fingerprint density at radius 1 is 1.12 bits per heavy atom. The fourth-order valence-electron chi connectivity index (χ4n) is 2.19. The molecule has 0 saturated heterocycles. The Hall–Kier alpha value is -1.02. The van der Waals surface area contributed by atoms with Crippen LogP contribution in [-0.2, 0) is 13.8 Å². The number of terminal acetylenes is 1. The molecule has 0 radical (unpaired) electrons. The van der Waals surface area contributed by atoms with E-state index in [2.05, 4.69) is 11.2 Å². The maximum Gasteiger partial charge on any atom is 0.407 e. The highest BCUT2D eigenvalue weighted by Gasteiger charge is 2.16. The summed E-state index contributed by atoms with van der Waals surface area (Å²) in [6.07, 6.45) is 13.5. The second-order valence-electron chi connectivity index (χ2n) is 5.62. The van der Waals surface area contributed by atoms with Crippen LogP contribution in [0.25, 0.3) is 0 Å². The lowest BCUT2D eigenvalue weighted by Crippen LogP contribution is -2.25. The van der Waals surface area contributed by atoms with Crippen molar-refractivity contribution in [1.29, 1.82) is 0 Å². The first-order valence-electron chi connectivity index (χ1n) is 8.82. The van der Waals surface area contributed by atoms with E-state index in [1.165, 1.54) is 0 Å². The van der Waals surface area contributed by atoms with Crippen LogP contribution in [0.1, 0.15) is 64.7 Å². The van der Waals surface area contributed by atoms with Crippen molar-refractivity contribution in [2.45, 2.75) is 64.7 Å². The number of amides is 1. The molecule has 24 heavy (non-hydrogen) atoms. The SMILES string of the molecule is C#CCCNC(=O)OCCCCCCCCCCP(=O)(O)OCC. The molecule has 1 atom stereocenters. The van der Waals surface area contributed by atoms with Gasteiger partial charge < -0.3 is 19.5 Å². The first-order chi connectivity index (χ1) is 11.5. The second kappa shape index (κ2) is 15.5. The van der Waals surface area contributed by atoms with Gasteiger partial charge in [0.1, 0.15) is 0 Å². The van der Waals surface area contributed by atoms with Gasteiger partial charge in [-0.3, -0.25) is 4.57 Å². The van der Waals surface area contributed by atoms with E-state index in [1.807, 2.05) is 0 Å². The molecule has 0 aromatic heterocycles. The summed E-state index contributed by atoms with van der Waals surface area (Å²) in [5.41, 5.74) is 0. The van der Waals surface area contributed by atoms with Gasteiger partial charge in [-0.2, -0.15) is 0 Å². The maximum absolute atomic E-state index is 11.5. The molecule has 0 aliphatic carbocycles. The van der Waals surface area contributed by atoms with Gasteiger partial charge in [0.2, 0.25) is 0 Å². The summed E-state index contributed by atoms with van der Waals surface area (Å²) in [6, 6.07) is 0. The van der Waals surface area contributed by atoms with E-state index in [1.54, 1.807) is 6.92 Å². The van der Waals surface area contributed by atoms with E-state index in [0.29, 0.717) is 19.6 Å². The number of unbranched alkanes of at least 4 members (excludes halogenated alkanes) is 7. The average Bonchev–Trinajstić information content (AvgIpc) is 2.52. The molecule has 0 heterocycles. The average molecular weight is 361 g/mol. The van der Waals surface area contributed by atoms with Crippen LogP contribution in [0.3, 0.4) is 0 Å². The van der Waals surface area contributed by atoms with Gasteiger partial charge in [-0.05, 0) is 19.8 Å². The smallest absolute Gasteiger partial charge is 0.407 e. The molecule has 6 nitrogen and oxygen atoms in total. The van der Waals surface area contributed by atoms with Crippen molar-refractivity contribution >= 4 is 13.7 Å². The lowest BCUT2D eigenvalue weighted by molar-refractivity contribution is 0.144. The van der Waals surface area contributed by atoms with Crippen molar-refractivity contribution in [2.75, 3.05) is 25.9 Å². The van der Waals surface area contributed by atoms with Crippen LogP contribution >= 0.6 is 7.60 Å². The van der Waals surface area contributed by atoms with Crippen molar-refractivity contribution in [2.24, 2.45) is 0 Å². The Morgan fingerprint density at radius 3 is 2.29 bits per heavy atom. The predicted molar refractivity (Wildman–Crippen MR) is 96.1 cm³/mol. The highest BCUT2D eigenvalue weighted by Crippen LogP contribution is 2.42. The Morgan fingerprint density at radius 2 is 1.71 bits per heavy atom. The molecule has 0 aromatic rings. The van der Waals surface area contributed by atoms with Crippen molar-refractivity contribution in [3.63, 3.8) is 0 Å². The molecule has 1 unspecified atom stereocenters. The number of rotatable bonds is 15. The Kier molecular flexibility index (Phi) is 14.8. The molecule has 2 N–H and O–H groups in total. The van der Waals surface area contributed by atoms with Crippen LogP contribution in [-0.4, -0.2) is 36.9 Å². The summed E-state index contributed by atoms with van der Waals surface area (Å²) in [6.45, 7) is 2.89. The van der Waals surface area contributed by atoms with Crippen LogP contribution in [0.2, 0.25) is 0 Å². The first kappa shape index (κ1) is 23.0. The maximum atomic E-state index is 11.5. The number of hydrogen-bond acceptors (Lipinski definition) is 4. The lowest BCUT2D eigenvalue weighted by Gasteiger charge is -2.10. The van der Waals surface area contributed by atoms with Crippen LogP contribution in [0, 0.1) is 12.3 Å². The molecule has 0 fully saturated rings. The fourth-order valence-corrected chi connectivity index (χ4v) is 3.35. The molecular weight excluding hydrogens is 329 g/mol. The minimum Gasteiger partial charge on any atom is -0.450 e. The summed E-state index contributed by atoms with van der Waals surface area (Å²) in [7, 11) is -3.34. The van der Waals surface area contributed by atoms with E-state index in [9.17, 15) is 14.3 Å². The Labute approximate surface area is 146 Å². The standard InChI is InChI=1S/C17H32NO5P/c1-3-5-14-18-17(19)22-15-12-10-8-6-7-9-11-13-16-24(20,21)23-4-2/h1H,4-16H2,2H3,(H,18,19)(H,20,21). The van der Waals surface area contributed by atoms with Gasteiger partial charge in [-0.1, -0.05) is 38.5 Å². The Balaban J connectivity index is 3.27. The van der Waals surface area contributed by atoms with Crippen LogP contribution in [0.5, 0.6) is 0 Å². The van der Waals surface area contributed by atoms with Crippen LogP contribution in [0.4, 0.5) is 4.79 Å². The van der Waals surface area contributed by atoms with Crippen LogP contribution in [0.15, 0.2) is 0 Å². The monoisotopic (exact) mass is 361 g/mol. The van der Waals surface area contributed by atoms with Gasteiger partial charge in [0.15, 0.2) is 0 Å². The highest BCUT2D eigenvalue weighted by atomic mass is 31.2. The van der Waals surface area contributed by atoms with Gasteiger partial charge in [0.25, 0.3) is 0 Å². The quantitative estimate of drug-likeness (QED) is 0.261. The molecule has 140 valence electrons. The third-order valence-corrected chi connectivity index (χ3v) is 4.98. The molecule has 0 aliphatic heterocycles. The topological polar surface area (TPSA) is 84.9 Å². The zero-order valence-electron chi connectivity index (χ0n) is 14.8. The number of carbonyl (C=O) groups excluding carboxylic acids is 1. The number of ether oxygens (including phenoxy) is 1.